The van der Waals surface area contributed by atoms with E-state index in [9.17, 15) is 26.8 Å². The third kappa shape index (κ3) is 8.78. The molecule has 4 aromatic rings. The number of carbonyl (C=O) groups excluding carboxylic acids is 2. The molecule has 1 aliphatic heterocycles. The van der Waals surface area contributed by atoms with E-state index in [-0.39, 0.29) is 40.9 Å². The molecule has 0 saturated carbocycles. The fraction of sp³-hybridized carbons (Fsp3) is 0.382. The van der Waals surface area contributed by atoms with Crippen LogP contribution in [-0.2, 0) is 30.5 Å². The van der Waals surface area contributed by atoms with Crippen LogP contribution >= 0.6 is 0 Å². The molecule has 0 bridgehead atoms. The molecule has 1 aromatic heterocycles. The number of benzene rings is 3. The molecule has 2 N–H and O–H groups in total. The topological polar surface area (TPSA) is 141 Å². The second kappa shape index (κ2) is 15.8. The number of nitrogens with one attached hydrogen (secondary N) is 2. The van der Waals surface area contributed by atoms with E-state index in [2.05, 4.69) is 20.6 Å². The number of hydrogen-bond acceptors (Lipinski definition) is 10. The van der Waals surface area contributed by atoms with Gasteiger partial charge in [0.15, 0.2) is 5.82 Å². The van der Waals surface area contributed by atoms with E-state index in [1.807, 2.05) is 26.2 Å². The summed E-state index contributed by atoms with van der Waals surface area (Å²) < 4.78 is 71.8. The molecule has 0 aliphatic carbocycles. The number of likely N-dealkylation sites (N-methyl/N-ethyl adjacent to an activating group) is 1. The first-order valence-electron chi connectivity index (χ1n) is 15.9. The zero-order valence-corrected chi connectivity index (χ0v) is 28.3. The van der Waals surface area contributed by atoms with E-state index in [0.29, 0.717) is 49.3 Å². The fourth-order valence-corrected chi connectivity index (χ4v) is 6.69. The van der Waals surface area contributed by atoms with Gasteiger partial charge in [-0.1, -0.05) is 6.07 Å². The number of aromatic nitrogens is 2. The fourth-order valence-electron chi connectivity index (χ4n) is 5.36. The Balaban J connectivity index is 1.53. The van der Waals surface area contributed by atoms with Crippen molar-refractivity contribution in [2.24, 2.45) is 0 Å². The maximum absolute atomic E-state index is 14.0. The monoisotopic (exact) mass is 699 g/mol. The van der Waals surface area contributed by atoms with Gasteiger partial charge in [0.2, 0.25) is 9.84 Å². The summed E-state index contributed by atoms with van der Waals surface area (Å²) in [6.45, 7) is 4.28. The first-order valence-corrected chi connectivity index (χ1v) is 17.4. The third-order valence-electron chi connectivity index (χ3n) is 7.93. The van der Waals surface area contributed by atoms with Crippen LogP contribution in [-0.4, -0.2) is 94.8 Å². The average Bonchev–Trinajstić information content (AvgIpc) is 3.43. The van der Waals surface area contributed by atoms with Crippen molar-refractivity contribution < 1.29 is 41.0 Å². The number of ether oxygens (including phenoxy) is 3. The summed E-state index contributed by atoms with van der Waals surface area (Å²) in [5, 5.41) is 10.6. The number of anilines is 2. The maximum atomic E-state index is 14.0. The van der Waals surface area contributed by atoms with Crippen LogP contribution in [0.1, 0.15) is 35.7 Å². The number of amides is 1. The number of rotatable bonds is 13. The van der Waals surface area contributed by atoms with E-state index < -0.39 is 38.4 Å². The molecule has 0 spiro atoms. The SMILES string of the molecule is CCOCCOC(=O)n1nc(NC(=O)c2ccc(CCN(C)C)cc2NC2CCOCC2)c2cc(S(=O)(=O)c3cc(F)cc(F)c3)ccc21. The highest BCUT2D eigenvalue weighted by Crippen LogP contribution is 2.31. The Labute approximate surface area is 283 Å². The van der Waals surface area contributed by atoms with Gasteiger partial charge in [0.05, 0.1) is 27.5 Å². The van der Waals surface area contributed by atoms with Crippen LogP contribution in [0.5, 0.6) is 0 Å². The number of carbonyl (C=O) groups is 2. The molecule has 0 radical (unpaired) electrons. The van der Waals surface area contributed by atoms with Gasteiger partial charge in [-0.2, -0.15) is 4.68 Å². The van der Waals surface area contributed by atoms with Crippen molar-refractivity contribution in [3.63, 3.8) is 0 Å². The predicted octanol–water partition coefficient (Wildman–Crippen LogP) is 5.12. The van der Waals surface area contributed by atoms with Crippen LogP contribution < -0.4 is 10.6 Å². The van der Waals surface area contributed by atoms with Crippen LogP contribution in [0.2, 0.25) is 0 Å². The Bertz CT molecular complexity index is 1910. The van der Waals surface area contributed by atoms with Crippen molar-refractivity contribution in [2.45, 2.75) is 42.0 Å². The summed E-state index contributed by atoms with van der Waals surface area (Å²) in [5.41, 5.74) is 2.06. The van der Waals surface area contributed by atoms with E-state index in [4.69, 9.17) is 14.2 Å². The van der Waals surface area contributed by atoms with Crippen molar-refractivity contribution in [3.05, 3.63) is 77.4 Å². The van der Waals surface area contributed by atoms with E-state index in [1.165, 1.54) is 18.2 Å². The van der Waals surface area contributed by atoms with Gasteiger partial charge in [0.25, 0.3) is 5.91 Å². The highest BCUT2D eigenvalue weighted by atomic mass is 32.2. The standard InChI is InChI=1S/C34H39F2N5O7S/c1-4-46-15-16-48-34(43)41-31-8-6-26(49(44,45)27-19-23(35)18-24(36)20-27)21-29(31)32(39-41)38-33(42)28-7-5-22(9-12-40(2)3)17-30(28)37-25-10-13-47-14-11-25/h5-8,17-21,25,37H,4,9-16H2,1-3H3,(H,38,39,42). The van der Waals surface area contributed by atoms with Crippen molar-refractivity contribution in [2.75, 3.05) is 64.3 Å². The van der Waals surface area contributed by atoms with E-state index in [1.54, 1.807) is 13.0 Å². The van der Waals surface area contributed by atoms with Crippen molar-refractivity contribution >= 4 is 44.2 Å². The Morgan fingerprint density at radius 2 is 1.73 bits per heavy atom. The van der Waals surface area contributed by atoms with Gasteiger partial charge < -0.3 is 29.7 Å². The van der Waals surface area contributed by atoms with Crippen molar-refractivity contribution in [1.82, 2.24) is 14.7 Å². The minimum Gasteiger partial charge on any atom is -0.445 e. The molecule has 12 nitrogen and oxygen atoms in total. The van der Waals surface area contributed by atoms with Crippen LogP contribution in [0.4, 0.5) is 25.1 Å². The largest absolute Gasteiger partial charge is 0.445 e. The van der Waals surface area contributed by atoms with Crippen molar-refractivity contribution in [3.8, 4) is 0 Å². The van der Waals surface area contributed by atoms with Gasteiger partial charge in [-0.05, 0) is 88.3 Å². The molecule has 1 aliphatic rings. The molecule has 2 heterocycles. The molecule has 0 unspecified atom stereocenters. The molecular formula is C34H39F2N5O7S. The van der Waals surface area contributed by atoms with E-state index >= 15 is 0 Å². The van der Waals surface area contributed by atoms with Gasteiger partial charge in [-0.25, -0.2) is 22.0 Å². The lowest BCUT2D eigenvalue weighted by atomic mass is 10.0. The summed E-state index contributed by atoms with van der Waals surface area (Å²) in [6, 6.07) is 11.2. The van der Waals surface area contributed by atoms with Crippen LogP contribution in [0, 0.1) is 11.6 Å². The Morgan fingerprint density at radius 1 is 1.00 bits per heavy atom. The Hall–Kier alpha value is -4.44. The normalized spacial score (nSPS) is 13.9. The number of nitrogens with zero attached hydrogens (tertiary/aromatic N) is 3. The quantitative estimate of drug-likeness (QED) is 0.181. The zero-order chi connectivity index (χ0) is 35.1. The Morgan fingerprint density at radius 3 is 2.43 bits per heavy atom. The summed E-state index contributed by atoms with van der Waals surface area (Å²) in [4.78, 5) is 28.1. The van der Waals surface area contributed by atoms with Gasteiger partial charge in [0, 0.05) is 49.5 Å². The second-order valence-corrected chi connectivity index (χ2v) is 13.7. The molecule has 3 aromatic carbocycles. The average molecular weight is 700 g/mol. The molecule has 1 saturated heterocycles. The number of fused-ring (bicyclic) bond motifs is 1. The van der Waals surface area contributed by atoms with Crippen LogP contribution in [0.25, 0.3) is 10.9 Å². The first-order chi connectivity index (χ1) is 23.5. The smallest absolute Gasteiger partial charge is 0.435 e. The zero-order valence-electron chi connectivity index (χ0n) is 27.5. The molecule has 0 atom stereocenters. The Kier molecular flexibility index (Phi) is 11.6. The predicted molar refractivity (Wildman–Crippen MR) is 179 cm³/mol. The molecule has 262 valence electrons. The van der Waals surface area contributed by atoms with E-state index in [0.717, 1.165) is 36.1 Å². The molecule has 1 amide bonds. The lowest BCUT2D eigenvalue weighted by molar-refractivity contribution is 0.0786. The highest BCUT2D eigenvalue weighted by Gasteiger charge is 2.26. The molecule has 1 fully saturated rings. The summed E-state index contributed by atoms with van der Waals surface area (Å²) in [5.74, 6) is -2.82. The van der Waals surface area contributed by atoms with Crippen LogP contribution in [0.3, 0.4) is 0 Å². The second-order valence-electron chi connectivity index (χ2n) is 11.8. The maximum Gasteiger partial charge on any atom is 0.435 e. The number of hydrogen-bond donors (Lipinski definition) is 2. The van der Waals surface area contributed by atoms with Gasteiger partial charge >= 0.3 is 6.09 Å². The molecular weight excluding hydrogens is 660 g/mol. The van der Waals surface area contributed by atoms with Crippen molar-refractivity contribution in [1.29, 1.82) is 0 Å². The summed E-state index contributed by atoms with van der Waals surface area (Å²) in [6.07, 6.45) is 1.39. The summed E-state index contributed by atoms with van der Waals surface area (Å²) >= 11 is 0. The minimum absolute atomic E-state index is 0.0747. The van der Waals surface area contributed by atoms with Gasteiger partial charge in [-0.15, -0.1) is 5.10 Å². The molecule has 15 heteroatoms. The lowest BCUT2D eigenvalue weighted by Crippen LogP contribution is -2.29. The summed E-state index contributed by atoms with van der Waals surface area (Å²) in [7, 11) is -0.469. The number of sulfone groups is 1. The van der Waals surface area contributed by atoms with Crippen LogP contribution in [0.15, 0.2) is 64.4 Å². The molecule has 5 rings (SSSR count). The minimum atomic E-state index is -4.43. The lowest BCUT2D eigenvalue weighted by Gasteiger charge is -2.25. The number of halogens is 2. The van der Waals surface area contributed by atoms with Gasteiger partial charge in [0.1, 0.15) is 18.2 Å². The highest BCUT2D eigenvalue weighted by molar-refractivity contribution is 7.91. The first kappa shape index (κ1) is 35.9. The molecule has 49 heavy (non-hydrogen) atoms. The van der Waals surface area contributed by atoms with Gasteiger partial charge in [-0.3, -0.25) is 4.79 Å². The third-order valence-corrected chi connectivity index (χ3v) is 9.66.